The van der Waals surface area contributed by atoms with Crippen molar-refractivity contribution in [1.82, 2.24) is 10.0 Å². The fourth-order valence-electron chi connectivity index (χ4n) is 3.84. The minimum absolute atomic E-state index is 0.118. The van der Waals surface area contributed by atoms with Crippen LogP contribution in [-0.2, 0) is 6.42 Å². The number of halogens is 3. The van der Waals surface area contributed by atoms with E-state index >= 15 is 0 Å². The van der Waals surface area contributed by atoms with Gasteiger partial charge in [0.15, 0.2) is 0 Å². The van der Waals surface area contributed by atoms with Gasteiger partial charge in [-0.05, 0) is 86.4 Å². The Morgan fingerprint density at radius 3 is 2.50 bits per heavy atom. The number of ether oxygens (including phenoxy) is 1. The predicted octanol–water partition coefficient (Wildman–Crippen LogP) is 7.04. The Bertz CT molecular complexity index is 966. The van der Waals surface area contributed by atoms with E-state index in [-0.39, 0.29) is 11.5 Å². The van der Waals surface area contributed by atoms with Crippen LogP contribution in [0, 0.1) is 11.7 Å². The Balaban J connectivity index is 0.000000271. The van der Waals surface area contributed by atoms with Gasteiger partial charge in [-0.3, -0.25) is 9.52 Å². The average molecular weight is 528 g/mol. The number of rotatable bonds is 8. The molecule has 2 aromatic rings. The van der Waals surface area contributed by atoms with E-state index in [0.29, 0.717) is 29.2 Å². The van der Waals surface area contributed by atoms with E-state index in [1.165, 1.54) is 18.0 Å². The molecule has 2 N–H and O–H groups in total. The number of aryl methyl sites for hydroxylation is 1. The van der Waals surface area contributed by atoms with Gasteiger partial charge >= 0.3 is 0 Å². The number of carbonyl (C=O) groups is 1. The summed E-state index contributed by atoms with van der Waals surface area (Å²) in [6, 6.07) is 8.66. The Morgan fingerprint density at radius 2 is 1.88 bits per heavy atom. The lowest BCUT2D eigenvalue weighted by Gasteiger charge is -2.23. The Kier molecular flexibility index (Phi) is 10.8. The highest BCUT2D eigenvalue weighted by Crippen LogP contribution is 2.45. The molecule has 1 aliphatic heterocycles. The van der Waals surface area contributed by atoms with Crippen LogP contribution in [-0.4, -0.2) is 31.4 Å². The van der Waals surface area contributed by atoms with Gasteiger partial charge in [0.25, 0.3) is 5.91 Å². The fraction of sp³-hybridized carbons (Fsp3) is 0.500. The second-order valence-corrected chi connectivity index (χ2v) is 10.5. The molecule has 2 fully saturated rings. The van der Waals surface area contributed by atoms with Crippen molar-refractivity contribution in [1.29, 1.82) is 0 Å². The molecular formula is C26H33Cl2FN2O2S. The quantitative estimate of drug-likeness (QED) is 0.362. The van der Waals surface area contributed by atoms with E-state index < -0.39 is 5.82 Å². The Morgan fingerprint density at radius 1 is 1.15 bits per heavy atom. The highest BCUT2D eigenvalue weighted by molar-refractivity contribution is 7.97. The van der Waals surface area contributed by atoms with E-state index in [1.54, 1.807) is 12.1 Å². The van der Waals surface area contributed by atoms with Gasteiger partial charge in [-0.2, -0.15) is 0 Å². The van der Waals surface area contributed by atoms with Crippen molar-refractivity contribution in [2.24, 2.45) is 5.92 Å². The molecule has 0 aromatic heterocycles. The molecular weight excluding hydrogens is 494 g/mol. The van der Waals surface area contributed by atoms with Gasteiger partial charge in [0.1, 0.15) is 11.6 Å². The van der Waals surface area contributed by atoms with Crippen LogP contribution < -0.4 is 14.8 Å². The number of amides is 1. The molecule has 1 saturated heterocycles. The van der Waals surface area contributed by atoms with Gasteiger partial charge in [0.2, 0.25) is 0 Å². The summed E-state index contributed by atoms with van der Waals surface area (Å²) < 4.78 is 23.0. The number of nitrogens with one attached hydrogen (secondary N) is 2. The van der Waals surface area contributed by atoms with Crippen molar-refractivity contribution in [3.63, 3.8) is 0 Å². The second kappa shape index (κ2) is 13.6. The first-order valence-corrected chi connectivity index (χ1v) is 13.7. The third-order valence-corrected chi connectivity index (χ3v) is 7.21. The first-order valence-electron chi connectivity index (χ1n) is 12.0. The first kappa shape index (κ1) is 27.1. The van der Waals surface area contributed by atoms with Crippen LogP contribution in [0.2, 0.25) is 10.0 Å². The van der Waals surface area contributed by atoms with E-state index in [2.05, 4.69) is 17.0 Å². The lowest BCUT2D eigenvalue weighted by atomic mass is 9.99. The summed E-state index contributed by atoms with van der Waals surface area (Å²) in [7, 11) is 0. The van der Waals surface area contributed by atoms with Gasteiger partial charge in [0.05, 0.1) is 12.2 Å². The summed E-state index contributed by atoms with van der Waals surface area (Å²) in [6.45, 7) is 6.67. The van der Waals surface area contributed by atoms with Crippen LogP contribution in [0.3, 0.4) is 0 Å². The highest BCUT2D eigenvalue weighted by atomic mass is 35.5. The maximum Gasteiger partial charge on any atom is 0.264 e. The minimum atomic E-state index is -0.506. The smallest absolute Gasteiger partial charge is 0.264 e. The van der Waals surface area contributed by atoms with Gasteiger partial charge < -0.3 is 10.1 Å². The van der Waals surface area contributed by atoms with Crippen LogP contribution in [0.5, 0.6) is 5.75 Å². The Hall–Kier alpha value is -1.47. The summed E-state index contributed by atoms with van der Waals surface area (Å²) in [5.74, 6) is 1.41. The SMILES string of the molecule is CCSNC(=O)c1cc(C2CC2)c(OCC2CCNCC2)cc1F.CCc1ccc(Cl)cc1Cl. The summed E-state index contributed by atoms with van der Waals surface area (Å²) in [6.07, 6.45) is 5.31. The number of hydrogen-bond donors (Lipinski definition) is 2. The van der Waals surface area contributed by atoms with Crippen molar-refractivity contribution in [3.8, 4) is 5.75 Å². The summed E-state index contributed by atoms with van der Waals surface area (Å²) in [5.41, 5.74) is 2.25. The van der Waals surface area contributed by atoms with Crippen LogP contribution in [0.25, 0.3) is 0 Å². The Labute approximate surface area is 216 Å². The molecule has 34 heavy (non-hydrogen) atoms. The van der Waals surface area contributed by atoms with Crippen LogP contribution in [0.15, 0.2) is 30.3 Å². The molecule has 2 aromatic carbocycles. The fourth-order valence-corrected chi connectivity index (χ4v) is 4.77. The topological polar surface area (TPSA) is 50.4 Å². The van der Waals surface area contributed by atoms with E-state index in [4.69, 9.17) is 27.9 Å². The molecule has 186 valence electrons. The maximum absolute atomic E-state index is 14.4. The zero-order valence-corrected chi connectivity index (χ0v) is 22.1. The molecule has 0 spiro atoms. The number of hydrogen-bond acceptors (Lipinski definition) is 4. The minimum Gasteiger partial charge on any atom is -0.493 e. The van der Waals surface area contributed by atoms with Crippen LogP contribution >= 0.6 is 35.1 Å². The molecule has 1 saturated carbocycles. The predicted molar refractivity (Wildman–Crippen MR) is 141 cm³/mol. The van der Waals surface area contributed by atoms with Crippen molar-refractivity contribution >= 4 is 41.1 Å². The zero-order chi connectivity index (χ0) is 24.5. The lowest BCUT2D eigenvalue weighted by Crippen LogP contribution is -2.30. The highest BCUT2D eigenvalue weighted by Gasteiger charge is 2.29. The largest absolute Gasteiger partial charge is 0.493 e. The maximum atomic E-state index is 14.4. The van der Waals surface area contributed by atoms with Crippen molar-refractivity contribution in [3.05, 3.63) is 62.9 Å². The summed E-state index contributed by atoms with van der Waals surface area (Å²) in [5, 5.41) is 4.79. The zero-order valence-electron chi connectivity index (χ0n) is 19.8. The molecule has 0 radical (unpaired) electrons. The van der Waals surface area contributed by atoms with E-state index in [0.717, 1.165) is 67.1 Å². The number of benzene rings is 2. The molecule has 1 amide bonds. The molecule has 0 unspecified atom stereocenters. The molecule has 1 aliphatic carbocycles. The first-order chi connectivity index (χ1) is 16.4. The van der Waals surface area contributed by atoms with Gasteiger partial charge in [0, 0.05) is 21.9 Å². The molecule has 2 aliphatic rings. The van der Waals surface area contributed by atoms with E-state index in [1.807, 2.05) is 19.1 Å². The van der Waals surface area contributed by atoms with Gasteiger partial charge in [-0.25, -0.2) is 4.39 Å². The van der Waals surface area contributed by atoms with Crippen molar-refractivity contribution < 1.29 is 13.9 Å². The van der Waals surface area contributed by atoms with Gasteiger partial charge in [-0.15, -0.1) is 0 Å². The molecule has 4 nitrogen and oxygen atoms in total. The van der Waals surface area contributed by atoms with Crippen LogP contribution in [0.1, 0.15) is 66.9 Å². The number of carbonyl (C=O) groups excluding carboxylic acids is 1. The molecule has 0 atom stereocenters. The van der Waals surface area contributed by atoms with E-state index in [9.17, 15) is 9.18 Å². The monoisotopic (exact) mass is 526 g/mol. The van der Waals surface area contributed by atoms with Crippen molar-refractivity contribution in [2.75, 3.05) is 25.4 Å². The lowest BCUT2D eigenvalue weighted by molar-refractivity contribution is 0.0980. The molecule has 1 heterocycles. The van der Waals surface area contributed by atoms with Crippen molar-refractivity contribution in [2.45, 2.75) is 51.9 Å². The normalized spacial score (nSPS) is 15.9. The molecule has 8 heteroatoms. The molecule has 0 bridgehead atoms. The molecule has 4 rings (SSSR count). The summed E-state index contributed by atoms with van der Waals surface area (Å²) in [4.78, 5) is 12.1. The second-order valence-electron chi connectivity index (χ2n) is 8.60. The standard InChI is InChI=1S/C18H25FN2O2S.C8H8Cl2/c1-2-24-21-18(22)15-9-14(13-3-4-13)17(10-16(15)19)23-11-12-5-7-20-8-6-12;1-2-6-3-4-7(9)5-8(6)10/h9-10,12-13,20H,2-8,11H2,1H3,(H,21,22);3-5H,2H2,1H3. The summed E-state index contributed by atoms with van der Waals surface area (Å²) >= 11 is 12.8. The third kappa shape index (κ3) is 8.04. The van der Waals surface area contributed by atoms with Crippen LogP contribution in [0.4, 0.5) is 4.39 Å². The third-order valence-electron chi connectivity index (χ3n) is 6.00. The average Bonchev–Trinajstić information content (AvgIpc) is 3.68. The number of piperidine rings is 1. The van der Waals surface area contributed by atoms with Gasteiger partial charge in [-0.1, -0.05) is 55.1 Å².